The third-order valence-electron chi connectivity index (χ3n) is 3.76. The van der Waals surface area contributed by atoms with Gasteiger partial charge in [0.15, 0.2) is 0 Å². The van der Waals surface area contributed by atoms with Crippen molar-refractivity contribution in [2.45, 2.75) is 45.3 Å². The highest BCUT2D eigenvalue weighted by Gasteiger charge is 2.52. The average Bonchev–Trinajstić information content (AvgIpc) is 2.75. The molecular formula is C13H19N2O7P. The van der Waals surface area contributed by atoms with E-state index in [0.717, 1.165) is 0 Å². The van der Waals surface area contributed by atoms with E-state index < -0.39 is 37.5 Å². The number of fused-ring (bicyclic) bond motifs is 1. The van der Waals surface area contributed by atoms with Crippen LogP contribution in [0.4, 0.5) is 0 Å². The molecule has 3 rings (SSSR count). The maximum absolute atomic E-state index is 12.4. The fraction of sp³-hybridized carbons (Fsp3) is 0.692. The maximum atomic E-state index is 12.4. The van der Waals surface area contributed by atoms with Crippen molar-refractivity contribution in [3.05, 3.63) is 33.1 Å². The van der Waals surface area contributed by atoms with Crippen molar-refractivity contribution in [1.82, 2.24) is 9.55 Å². The van der Waals surface area contributed by atoms with Crippen molar-refractivity contribution in [3.8, 4) is 0 Å². The Balaban J connectivity index is 1.83. The van der Waals surface area contributed by atoms with E-state index >= 15 is 0 Å². The largest absolute Gasteiger partial charge is 0.475 e. The second kappa shape index (κ2) is 5.99. The Labute approximate surface area is 132 Å². The summed E-state index contributed by atoms with van der Waals surface area (Å²) in [5, 5.41) is 0. The van der Waals surface area contributed by atoms with Crippen molar-refractivity contribution in [3.63, 3.8) is 0 Å². The Morgan fingerprint density at radius 1 is 1.43 bits per heavy atom. The molecule has 2 aliphatic rings. The van der Waals surface area contributed by atoms with Gasteiger partial charge in [-0.15, -0.1) is 0 Å². The van der Waals surface area contributed by atoms with Gasteiger partial charge in [0, 0.05) is 18.2 Å². The first-order valence-electron chi connectivity index (χ1n) is 7.37. The van der Waals surface area contributed by atoms with Crippen molar-refractivity contribution >= 4 is 7.82 Å². The Hall–Kier alpha value is -1.25. The number of nitrogens with one attached hydrogen (secondary N) is 1. The summed E-state index contributed by atoms with van der Waals surface area (Å²) < 4.78 is 35.5. The molecule has 1 aromatic heterocycles. The van der Waals surface area contributed by atoms with Crippen LogP contribution in [0.25, 0.3) is 0 Å². The van der Waals surface area contributed by atoms with Gasteiger partial charge < -0.3 is 4.74 Å². The lowest BCUT2D eigenvalue weighted by Gasteiger charge is -2.32. The summed E-state index contributed by atoms with van der Waals surface area (Å²) in [6.45, 7) is 5.33. The van der Waals surface area contributed by atoms with Crippen molar-refractivity contribution < 1.29 is 22.9 Å². The van der Waals surface area contributed by atoms with Gasteiger partial charge in [-0.1, -0.05) is 6.92 Å². The minimum atomic E-state index is -3.64. The molecule has 0 aliphatic carbocycles. The lowest BCUT2D eigenvalue weighted by Crippen LogP contribution is -2.37. The molecule has 3 heterocycles. The minimum absolute atomic E-state index is 0.0492. The number of aromatic nitrogens is 2. The van der Waals surface area contributed by atoms with Crippen LogP contribution in [-0.2, 0) is 22.9 Å². The van der Waals surface area contributed by atoms with E-state index in [-0.39, 0.29) is 18.6 Å². The number of aromatic amines is 1. The zero-order valence-corrected chi connectivity index (χ0v) is 13.9. The van der Waals surface area contributed by atoms with E-state index in [0.29, 0.717) is 0 Å². The molecular weight excluding hydrogens is 327 g/mol. The van der Waals surface area contributed by atoms with Crippen LogP contribution in [0, 0.1) is 5.92 Å². The van der Waals surface area contributed by atoms with E-state index in [2.05, 4.69) is 4.98 Å². The predicted molar refractivity (Wildman–Crippen MR) is 79.0 cm³/mol. The van der Waals surface area contributed by atoms with Crippen LogP contribution in [0.5, 0.6) is 0 Å². The quantitative estimate of drug-likeness (QED) is 0.814. The molecule has 10 heteroatoms. The maximum Gasteiger partial charge on any atom is 0.475 e. The highest BCUT2D eigenvalue weighted by atomic mass is 31.2. The van der Waals surface area contributed by atoms with Crippen LogP contribution in [0.2, 0.25) is 0 Å². The van der Waals surface area contributed by atoms with Gasteiger partial charge in [-0.25, -0.2) is 9.36 Å². The molecule has 0 bridgehead atoms. The summed E-state index contributed by atoms with van der Waals surface area (Å²) in [7, 11) is -3.64. The molecule has 0 unspecified atom stereocenters. The minimum Gasteiger partial charge on any atom is -0.349 e. The number of ether oxygens (including phenoxy) is 1. The Morgan fingerprint density at radius 3 is 2.83 bits per heavy atom. The molecule has 9 nitrogen and oxygen atoms in total. The molecule has 2 saturated heterocycles. The summed E-state index contributed by atoms with van der Waals surface area (Å²) in [6, 6.07) is 1.24. The Kier molecular flexibility index (Phi) is 4.33. The standard InChI is InChI=1S/C13H19N2O7P/c1-7(2)21-23(18)19-6-9-11(22-23)8(3)12(20-9)15-5-4-10(16)14-13(15)17/h4-5,7-9,11-12H,6H2,1-3H3,(H,14,16,17)/t8-,9+,11-,12+,23-/m0/s1. The molecule has 0 amide bonds. The van der Waals surface area contributed by atoms with Gasteiger partial charge in [0.2, 0.25) is 0 Å². The monoisotopic (exact) mass is 346 g/mol. The topological polar surface area (TPSA) is 109 Å². The van der Waals surface area contributed by atoms with Gasteiger partial charge >= 0.3 is 13.5 Å². The zero-order chi connectivity index (χ0) is 16.8. The number of phosphoric ester groups is 1. The Bertz CT molecular complexity index is 742. The molecule has 5 atom stereocenters. The zero-order valence-electron chi connectivity index (χ0n) is 13.0. The first-order valence-corrected chi connectivity index (χ1v) is 8.83. The average molecular weight is 346 g/mol. The predicted octanol–water partition coefficient (Wildman–Crippen LogP) is 1.02. The number of hydrogen-bond donors (Lipinski definition) is 1. The van der Waals surface area contributed by atoms with Gasteiger partial charge in [-0.05, 0) is 13.8 Å². The fourth-order valence-electron chi connectivity index (χ4n) is 2.78. The molecule has 0 aromatic carbocycles. The van der Waals surface area contributed by atoms with E-state index in [9.17, 15) is 14.2 Å². The first kappa shape index (κ1) is 16.6. The molecule has 23 heavy (non-hydrogen) atoms. The van der Waals surface area contributed by atoms with Gasteiger partial charge in [0.05, 0.1) is 12.7 Å². The van der Waals surface area contributed by atoms with E-state index in [1.54, 1.807) is 13.8 Å². The Morgan fingerprint density at radius 2 is 2.17 bits per heavy atom. The smallest absolute Gasteiger partial charge is 0.349 e. The second-order valence-corrected chi connectivity index (χ2v) is 7.48. The van der Waals surface area contributed by atoms with Crippen LogP contribution in [-0.4, -0.2) is 34.5 Å². The molecule has 1 N–H and O–H groups in total. The molecule has 2 fully saturated rings. The van der Waals surface area contributed by atoms with Crippen molar-refractivity contribution in [2.75, 3.05) is 6.61 Å². The number of hydrogen-bond acceptors (Lipinski definition) is 7. The summed E-state index contributed by atoms with van der Waals surface area (Å²) in [5.41, 5.74) is -1.06. The highest BCUT2D eigenvalue weighted by Crippen LogP contribution is 2.58. The van der Waals surface area contributed by atoms with E-state index in [4.69, 9.17) is 18.3 Å². The van der Waals surface area contributed by atoms with Crippen LogP contribution in [0.3, 0.4) is 0 Å². The van der Waals surface area contributed by atoms with Crippen molar-refractivity contribution in [2.24, 2.45) is 5.92 Å². The summed E-state index contributed by atoms with van der Waals surface area (Å²) in [4.78, 5) is 25.3. The van der Waals surface area contributed by atoms with Crippen LogP contribution < -0.4 is 11.2 Å². The SMILES string of the molecule is CC(C)O[P@]1(=O)OC[C@H]2O[C@@H](n3ccc(=O)[nH]c3=O)[C@@H](C)[C@@H]2O1. The first-order chi connectivity index (χ1) is 10.8. The third-order valence-corrected chi connectivity index (χ3v) is 5.41. The van der Waals surface area contributed by atoms with Crippen LogP contribution >= 0.6 is 7.82 Å². The molecule has 0 spiro atoms. The number of rotatable bonds is 3. The number of nitrogens with zero attached hydrogens (tertiary/aromatic N) is 1. The van der Waals surface area contributed by atoms with Crippen LogP contribution in [0.1, 0.15) is 27.0 Å². The van der Waals surface area contributed by atoms with Gasteiger partial charge in [-0.2, -0.15) is 0 Å². The fourth-order valence-corrected chi connectivity index (χ4v) is 4.43. The number of H-pyrrole nitrogens is 1. The van der Waals surface area contributed by atoms with E-state index in [1.165, 1.54) is 16.8 Å². The highest BCUT2D eigenvalue weighted by molar-refractivity contribution is 7.48. The molecule has 0 radical (unpaired) electrons. The summed E-state index contributed by atoms with van der Waals surface area (Å²) in [5.74, 6) is -0.281. The molecule has 1 aromatic rings. The molecule has 0 saturated carbocycles. The van der Waals surface area contributed by atoms with Gasteiger partial charge in [-0.3, -0.25) is 27.9 Å². The normalized spacial score (nSPS) is 37.0. The van der Waals surface area contributed by atoms with Gasteiger partial charge in [0.1, 0.15) is 18.4 Å². The molecule has 128 valence electrons. The van der Waals surface area contributed by atoms with E-state index in [1.807, 2.05) is 6.92 Å². The second-order valence-electron chi connectivity index (χ2n) is 5.91. The number of phosphoric acid groups is 1. The molecule has 2 aliphatic heterocycles. The van der Waals surface area contributed by atoms with Gasteiger partial charge in [0.25, 0.3) is 5.56 Å². The lowest BCUT2D eigenvalue weighted by molar-refractivity contribution is -0.0748. The van der Waals surface area contributed by atoms with Crippen molar-refractivity contribution in [1.29, 1.82) is 0 Å². The lowest BCUT2D eigenvalue weighted by atomic mass is 10.0. The summed E-state index contributed by atoms with van der Waals surface area (Å²) in [6.07, 6.45) is -0.593. The van der Waals surface area contributed by atoms with Crippen LogP contribution in [0.15, 0.2) is 21.9 Å². The summed E-state index contributed by atoms with van der Waals surface area (Å²) >= 11 is 0. The third kappa shape index (κ3) is 3.20.